The van der Waals surface area contributed by atoms with Crippen LogP contribution < -0.4 is 4.90 Å². The third-order valence-electron chi connectivity index (χ3n) is 5.21. The highest BCUT2D eigenvalue weighted by molar-refractivity contribution is 7.17. The van der Waals surface area contributed by atoms with Crippen LogP contribution in [0.3, 0.4) is 0 Å². The third-order valence-corrected chi connectivity index (χ3v) is 6.11. The fourth-order valence-corrected chi connectivity index (χ4v) is 4.98. The summed E-state index contributed by atoms with van der Waals surface area (Å²) in [6.07, 6.45) is 4.35. The first-order chi connectivity index (χ1) is 10.8. The fraction of sp³-hybridized carbons (Fsp3) is 0.333. The monoisotopic (exact) mass is 307 g/mol. The Labute approximate surface area is 133 Å². The van der Waals surface area contributed by atoms with Gasteiger partial charge in [-0.1, -0.05) is 30.3 Å². The molecule has 3 heterocycles. The Bertz CT molecular complexity index is 812. The van der Waals surface area contributed by atoms with Crippen LogP contribution in [0.15, 0.2) is 48.1 Å². The molecular weight excluding hydrogens is 290 g/mol. The standard InChI is InChI=1S/C18H17N3S/c1-2-4-13(5-3-1)14-8-18(9-14)10-21(11-18)17-16-15(6-7-22-16)19-12-20-17/h1-7,12,14H,8-11H2. The molecule has 0 radical (unpaired) electrons. The molecule has 1 aliphatic carbocycles. The molecule has 110 valence electrons. The van der Waals surface area contributed by atoms with E-state index in [1.54, 1.807) is 17.7 Å². The number of nitrogens with zero attached hydrogens (tertiary/aromatic N) is 3. The summed E-state index contributed by atoms with van der Waals surface area (Å²) in [6, 6.07) is 13.0. The van der Waals surface area contributed by atoms with Crippen molar-refractivity contribution in [2.75, 3.05) is 18.0 Å². The van der Waals surface area contributed by atoms with Gasteiger partial charge >= 0.3 is 0 Å². The topological polar surface area (TPSA) is 29.0 Å². The summed E-state index contributed by atoms with van der Waals surface area (Å²) >= 11 is 1.75. The molecule has 1 spiro atoms. The van der Waals surface area contributed by atoms with Crippen molar-refractivity contribution in [1.29, 1.82) is 0 Å². The molecule has 0 amide bonds. The average Bonchev–Trinajstić information content (AvgIpc) is 2.94. The SMILES string of the molecule is c1ccc(C2CC3(C2)CN(c2ncnc4ccsc24)C3)cc1. The van der Waals surface area contributed by atoms with Crippen LogP contribution in [0.5, 0.6) is 0 Å². The van der Waals surface area contributed by atoms with Crippen molar-refractivity contribution in [2.24, 2.45) is 5.41 Å². The van der Waals surface area contributed by atoms with E-state index in [0.717, 1.165) is 30.3 Å². The molecule has 1 aromatic carbocycles. The summed E-state index contributed by atoms with van der Waals surface area (Å²) < 4.78 is 1.23. The zero-order valence-electron chi connectivity index (χ0n) is 12.3. The van der Waals surface area contributed by atoms with Crippen LogP contribution in [0.4, 0.5) is 5.82 Å². The van der Waals surface area contributed by atoms with Gasteiger partial charge in [0.05, 0.1) is 10.2 Å². The van der Waals surface area contributed by atoms with Gasteiger partial charge in [-0.05, 0) is 35.8 Å². The lowest BCUT2D eigenvalue weighted by Gasteiger charge is -2.59. The summed E-state index contributed by atoms with van der Waals surface area (Å²) in [4.78, 5) is 11.3. The van der Waals surface area contributed by atoms with Gasteiger partial charge < -0.3 is 4.90 Å². The fourth-order valence-electron chi connectivity index (χ4n) is 4.12. The predicted molar refractivity (Wildman–Crippen MR) is 90.5 cm³/mol. The minimum Gasteiger partial charge on any atom is -0.354 e. The van der Waals surface area contributed by atoms with Crippen LogP contribution >= 0.6 is 11.3 Å². The lowest BCUT2D eigenvalue weighted by Crippen LogP contribution is -2.62. The highest BCUT2D eigenvalue weighted by atomic mass is 32.1. The van der Waals surface area contributed by atoms with Gasteiger partial charge in [-0.3, -0.25) is 0 Å². The van der Waals surface area contributed by atoms with E-state index in [9.17, 15) is 0 Å². The van der Waals surface area contributed by atoms with Crippen LogP contribution in [-0.2, 0) is 0 Å². The van der Waals surface area contributed by atoms with Gasteiger partial charge in [-0.25, -0.2) is 9.97 Å². The molecule has 2 aliphatic rings. The Morgan fingerprint density at radius 2 is 1.86 bits per heavy atom. The molecule has 2 fully saturated rings. The minimum absolute atomic E-state index is 0.537. The second-order valence-corrected chi connectivity index (χ2v) is 7.62. The summed E-state index contributed by atoms with van der Waals surface area (Å²) in [5.41, 5.74) is 3.12. The number of hydrogen-bond donors (Lipinski definition) is 0. The Balaban J connectivity index is 1.31. The Kier molecular flexibility index (Phi) is 2.59. The smallest absolute Gasteiger partial charge is 0.150 e. The van der Waals surface area contributed by atoms with Crippen molar-refractivity contribution < 1.29 is 0 Å². The van der Waals surface area contributed by atoms with Gasteiger partial charge in [-0.15, -0.1) is 11.3 Å². The molecule has 0 N–H and O–H groups in total. The van der Waals surface area contributed by atoms with Gasteiger partial charge in [0.25, 0.3) is 0 Å². The van der Waals surface area contributed by atoms with Gasteiger partial charge in [0.15, 0.2) is 0 Å². The number of anilines is 1. The number of aromatic nitrogens is 2. The van der Waals surface area contributed by atoms with E-state index in [0.29, 0.717) is 5.41 Å². The molecular formula is C18H17N3S. The van der Waals surface area contributed by atoms with E-state index >= 15 is 0 Å². The van der Waals surface area contributed by atoms with E-state index in [4.69, 9.17) is 0 Å². The zero-order valence-corrected chi connectivity index (χ0v) is 13.1. The minimum atomic E-state index is 0.537. The highest BCUT2D eigenvalue weighted by Gasteiger charge is 2.53. The van der Waals surface area contributed by atoms with E-state index in [2.05, 4.69) is 56.6 Å². The molecule has 1 saturated heterocycles. The number of rotatable bonds is 2. The normalized spacial score (nSPS) is 20.1. The number of fused-ring (bicyclic) bond motifs is 1. The van der Waals surface area contributed by atoms with Gasteiger partial charge in [0.1, 0.15) is 12.1 Å². The van der Waals surface area contributed by atoms with Crippen molar-refractivity contribution in [1.82, 2.24) is 9.97 Å². The van der Waals surface area contributed by atoms with Crippen LogP contribution in [0, 0.1) is 5.41 Å². The van der Waals surface area contributed by atoms with E-state index in [1.165, 1.54) is 23.1 Å². The van der Waals surface area contributed by atoms with E-state index < -0.39 is 0 Å². The van der Waals surface area contributed by atoms with Gasteiger partial charge in [0, 0.05) is 18.5 Å². The Hall–Kier alpha value is -1.94. The largest absolute Gasteiger partial charge is 0.354 e. The molecule has 1 saturated carbocycles. The van der Waals surface area contributed by atoms with E-state index in [1.807, 2.05) is 0 Å². The summed E-state index contributed by atoms with van der Waals surface area (Å²) in [5, 5.41) is 2.10. The van der Waals surface area contributed by atoms with Crippen molar-refractivity contribution in [3.8, 4) is 0 Å². The first kappa shape index (κ1) is 12.6. The van der Waals surface area contributed by atoms with Crippen LogP contribution in [-0.4, -0.2) is 23.1 Å². The number of hydrogen-bond acceptors (Lipinski definition) is 4. The predicted octanol–water partition coefficient (Wildman–Crippen LogP) is 4.08. The second kappa shape index (κ2) is 4.53. The number of thiophene rings is 1. The Morgan fingerprint density at radius 3 is 2.68 bits per heavy atom. The molecule has 22 heavy (non-hydrogen) atoms. The third kappa shape index (κ3) is 1.80. The van der Waals surface area contributed by atoms with E-state index in [-0.39, 0.29) is 0 Å². The lowest BCUT2D eigenvalue weighted by molar-refractivity contribution is 0.0630. The Morgan fingerprint density at radius 1 is 1.05 bits per heavy atom. The van der Waals surface area contributed by atoms with Crippen molar-refractivity contribution in [3.05, 3.63) is 53.7 Å². The molecule has 4 heteroatoms. The second-order valence-electron chi connectivity index (χ2n) is 6.70. The lowest BCUT2D eigenvalue weighted by atomic mass is 9.56. The maximum atomic E-state index is 4.53. The molecule has 3 aromatic rings. The molecule has 1 aliphatic heterocycles. The average molecular weight is 307 g/mol. The molecule has 5 rings (SSSR count). The maximum Gasteiger partial charge on any atom is 0.150 e. The molecule has 0 bridgehead atoms. The van der Waals surface area contributed by atoms with Crippen molar-refractivity contribution in [2.45, 2.75) is 18.8 Å². The van der Waals surface area contributed by atoms with Crippen LogP contribution in [0.1, 0.15) is 24.3 Å². The zero-order chi connectivity index (χ0) is 14.6. The molecule has 0 atom stereocenters. The molecule has 0 unspecified atom stereocenters. The highest BCUT2D eigenvalue weighted by Crippen LogP contribution is 2.57. The first-order valence-corrected chi connectivity index (χ1v) is 8.69. The van der Waals surface area contributed by atoms with Crippen LogP contribution in [0.25, 0.3) is 10.2 Å². The van der Waals surface area contributed by atoms with Crippen molar-refractivity contribution >= 4 is 27.4 Å². The van der Waals surface area contributed by atoms with Crippen molar-refractivity contribution in [3.63, 3.8) is 0 Å². The molecule has 2 aromatic heterocycles. The van der Waals surface area contributed by atoms with Gasteiger partial charge in [0.2, 0.25) is 0 Å². The maximum absolute atomic E-state index is 4.53. The van der Waals surface area contributed by atoms with Gasteiger partial charge in [-0.2, -0.15) is 0 Å². The first-order valence-electron chi connectivity index (χ1n) is 7.81. The summed E-state index contributed by atoms with van der Waals surface area (Å²) in [7, 11) is 0. The quantitative estimate of drug-likeness (QED) is 0.714. The number of benzene rings is 1. The summed E-state index contributed by atoms with van der Waals surface area (Å²) in [6.45, 7) is 2.31. The summed E-state index contributed by atoms with van der Waals surface area (Å²) in [5.74, 6) is 1.89. The molecule has 3 nitrogen and oxygen atoms in total. The van der Waals surface area contributed by atoms with Crippen LogP contribution in [0.2, 0.25) is 0 Å².